The fraction of sp³-hybridized carbons (Fsp3) is 0.933. The Labute approximate surface area is 121 Å². The van der Waals surface area contributed by atoms with Crippen LogP contribution in [0.1, 0.15) is 32.6 Å². The van der Waals surface area contributed by atoms with Crippen LogP contribution in [-0.4, -0.2) is 50.0 Å². The Balaban J connectivity index is 1.76. The lowest BCUT2D eigenvalue weighted by Crippen LogP contribution is -2.45. The zero-order valence-corrected chi connectivity index (χ0v) is 12.4. The van der Waals surface area contributed by atoms with E-state index >= 15 is 0 Å². The van der Waals surface area contributed by atoms with Gasteiger partial charge in [-0.25, -0.2) is 0 Å². The molecule has 4 unspecified atom stereocenters. The lowest BCUT2D eigenvalue weighted by Gasteiger charge is -2.21. The molecule has 0 aromatic heterocycles. The Bertz CT molecular complexity index is 311. The molecule has 5 nitrogen and oxygen atoms in total. The number of hydrogen-bond acceptors (Lipinski definition) is 4. The summed E-state index contributed by atoms with van der Waals surface area (Å²) in [7, 11) is 0. The summed E-state index contributed by atoms with van der Waals surface area (Å²) in [5.41, 5.74) is 0. The maximum absolute atomic E-state index is 12.3. The second-order valence-corrected chi connectivity index (χ2v) is 6.08. The topological polar surface area (TPSA) is 70.6 Å². The third kappa shape index (κ3) is 3.93. The summed E-state index contributed by atoms with van der Waals surface area (Å²) in [6.07, 6.45) is 4.43. The molecule has 1 heterocycles. The molecule has 20 heavy (non-hydrogen) atoms. The average molecular weight is 284 g/mol. The van der Waals surface area contributed by atoms with Crippen LogP contribution in [0.3, 0.4) is 0 Å². The van der Waals surface area contributed by atoms with Gasteiger partial charge in [-0.15, -0.1) is 0 Å². The van der Waals surface area contributed by atoms with Gasteiger partial charge in [-0.05, 0) is 37.6 Å². The first-order valence-electron chi connectivity index (χ1n) is 7.96. The molecule has 2 rings (SSSR count). The minimum Gasteiger partial charge on any atom is -0.396 e. The van der Waals surface area contributed by atoms with Crippen LogP contribution in [0, 0.1) is 17.8 Å². The molecular formula is C15H28N2O3. The third-order valence-electron chi connectivity index (χ3n) is 4.66. The second-order valence-electron chi connectivity index (χ2n) is 6.08. The number of hydrogen-bond donors (Lipinski definition) is 3. The molecule has 0 bridgehead atoms. The number of carbonyl (C=O) groups is 1. The Kier molecular flexibility index (Phi) is 6.26. The van der Waals surface area contributed by atoms with Crippen molar-refractivity contribution in [1.82, 2.24) is 10.6 Å². The van der Waals surface area contributed by atoms with E-state index < -0.39 is 0 Å². The van der Waals surface area contributed by atoms with Gasteiger partial charge in [0, 0.05) is 19.2 Å². The first-order valence-corrected chi connectivity index (χ1v) is 7.96. The van der Waals surface area contributed by atoms with E-state index in [0.717, 1.165) is 25.8 Å². The van der Waals surface area contributed by atoms with Crippen molar-refractivity contribution in [3.63, 3.8) is 0 Å². The Morgan fingerprint density at radius 1 is 1.30 bits per heavy atom. The van der Waals surface area contributed by atoms with Crippen LogP contribution in [-0.2, 0) is 9.53 Å². The molecule has 1 amide bonds. The van der Waals surface area contributed by atoms with Gasteiger partial charge in [0.2, 0.25) is 5.91 Å². The van der Waals surface area contributed by atoms with Gasteiger partial charge in [-0.3, -0.25) is 4.79 Å². The number of ether oxygens (including phenoxy) is 1. The Morgan fingerprint density at radius 3 is 2.85 bits per heavy atom. The summed E-state index contributed by atoms with van der Waals surface area (Å²) in [6.45, 7) is 5.12. The first kappa shape index (κ1) is 15.7. The molecule has 0 aromatic rings. The number of aliphatic hydroxyl groups excluding tert-OH is 1. The van der Waals surface area contributed by atoms with Crippen LogP contribution < -0.4 is 10.6 Å². The second kappa shape index (κ2) is 7.96. The fourth-order valence-corrected chi connectivity index (χ4v) is 3.33. The van der Waals surface area contributed by atoms with E-state index in [1.807, 2.05) is 0 Å². The number of rotatable bonds is 7. The minimum atomic E-state index is -0.0736. The highest BCUT2D eigenvalue weighted by atomic mass is 16.5. The van der Waals surface area contributed by atoms with E-state index in [1.165, 1.54) is 6.42 Å². The van der Waals surface area contributed by atoms with Crippen LogP contribution >= 0.6 is 0 Å². The van der Waals surface area contributed by atoms with Crippen molar-refractivity contribution in [1.29, 1.82) is 0 Å². The van der Waals surface area contributed by atoms with Crippen molar-refractivity contribution < 1.29 is 14.6 Å². The highest BCUT2D eigenvalue weighted by Gasteiger charge is 2.34. The van der Waals surface area contributed by atoms with Crippen molar-refractivity contribution in [3.05, 3.63) is 0 Å². The highest BCUT2D eigenvalue weighted by Crippen LogP contribution is 2.30. The van der Waals surface area contributed by atoms with Crippen LogP contribution in [0.4, 0.5) is 0 Å². The van der Waals surface area contributed by atoms with Gasteiger partial charge < -0.3 is 20.5 Å². The largest absolute Gasteiger partial charge is 0.396 e. The van der Waals surface area contributed by atoms with Crippen LogP contribution in [0.5, 0.6) is 0 Å². The highest BCUT2D eigenvalue weighted by molar-refractivity contribution is 5.79. The van der Waals surface area contributed by atoms with E-state index in [0.29, 0.717) is 31.6 Å². The van der Waals surface area contributed by atoms with Gasteiger partial charge in [0.05, 0.1) is 19.1 Å². The third-order valence-corrected chi connectivity index (χ3v) is 4.66. The number of carbonyl (C=O) groups excluding carboxylic acids is 1. The zero-order valence-electron chi connectivity index (χ0n) is 12.4. The maximum Gasteiger partial charge on any atom is 0.227 e. The van der Waals surface area contributed by atoms with Gasteiger partial charge in [0.1, 0.15) is 0 Å². The number of aliphatic hydroxyl groups is 1. The van der Waals surface area contributed by atoms with Crippen molar-refractivity contribution in [3.8, 4) is 0 Å². The maximum atomic E-state index is 12.3. The molecule has 1 saturated carbocycles. The van der Waals surface area contributed by atoms with Gasteiger partial charge >= 0.3 is 0 Å². The molecule has 2 aliphatic rings. The molecule has 1 aliphatic heterocycles. The van der Waals surface area contributed by atoms with E-state index in [2.05, 4.69) is 17.6 Å². The fourth-order valence-electron chi connectivity index (χ4n) is 3.33. The smallest absolute Gasteiger partial charge is 0.227 e. The van der Waals surface area contributed by atoms with E-state index in [1.54, 1.807) is 0 Å². The van der Waals surface area contributed by atoms with E-state index in [-0.39, 0.29) is 24.5 Å². The summed E-state index contributed by atoms with van der Waals surface area (Å²) in [4.78, 5) is 12.3. The van der Waals surface area contributed by atoms with Crippen molar-refractivity contribution >= 4 is 5.91 Å². The van der Waals surface area contributed by atoms with Crippen LogP contribution in [0.15, 0.2) is 0 Å². The average Bonchev–Trinajstić information content (AvgIpc) is 3.10. The van der Waals surface area contributed by atoms with Gasteiger partial charge in [0.25, 0.3) is 0 Å². The molecule has 5 heteroatoms. The molecule has 3 N–H and O–H groups in total. The number of nitrogens with one attached hydrogen (secondary N) is 2. The molecule has 1 saturated heterocycles. The minimum absolute atomic E-state index is 0.0736. The van der Waals surface area contributed by atoms with Crippen molar-refractivity contribution in [2.75, 3.05) is 32.9 Å². The summed E-state index contributed by atoms with van der Waals surface area (Å²) in [5.74, 6) is 0.827. The predicted octanol–water partition coefficient (Wildman–Crippen LogP) is 0.526. The molecule has 0 spiro atoms. The summed E-state index contributed by atoms with van der Waals surface area (Å²) in [6, 6.07) is 0.146. The zero-order chi connectivity index (χ0) is 14.4. The first-order chi connectivity index (χ1) is 9.76. The van der Waals surface area contributed by atoms with Crippen LogP contribution in [0.25, 0.3) is 0 Å². The van der Waals surface area contributed by atoms with Crippen molar-refractivity contribution in [2.45, 2.75) is 38.6 Å². The SMILES string of the molecule is CCCNC1COCC1C(=O)NCC1CCCC1CO. The van der Waals surface area contributed by atoms with Gasteiger partial charge in [-0.1, -0.05) is 13.3 Å². The quantitative estimate of drug-likeness (QED) is 0.638. The molecule has 2 fully saturated rings. The van der Waals surface area contributed by atoms with E-state index in [4.69, 9.17) is 4.74 Å². The summed E-state index contributed by atoms with van der Waals surface area (Å²) >= 11 is 0. The lowest BCUT2D eigenvalue weighted by atomic mass is 9.96. The normalized spacial score (nSPS) is 33.5. The molecular weight excluding hydrogens is 256 g/mol. The van der Waals surface area contributed by atoms with Gasteiger partial charge in [0.15, 0.2) is 0 Å². The molecule has 116 valence electrons. The summed E-state index contributed by atoms with van der Waals surface area (Å²) < 4.78 is 5.44. The van der Waals surface area contributed by atoms with Crippen molar-refractivity contribution in [2.24, 2.45) is 17.8 Å². The predicted molar refractivity (Wildman–Crippen MR) is 77.3 cm³/mol. The molecule has 1 aliphatic carbocycles. The van der Waals surface area contributed by atoms with E-state index in [9.17, 15) is 9.90 Å². The summed E-state index contributed by atoms with van der Waals surface area (Å²) in [5, 5.41) is 15.8. The Hall–Kier alpha value is -0.650. The van der Waals surface area contributed by atoms with Crippen LogP contribution in [0.2, 0.25) is 0 Å². The lowest BCUT2D eigenvalue weighted by molar-refractivity contribution is -0.125. The molecule has 4 atom stereocenters. The Morgan fingerprint density at radius 2 is 2.10 bits per heavy atom. The standard InChI is InChI=1S/C15H28N2O3/c1-2-6-16-14-10-20-9-13(14)15(19)17-7-11-4-3-5-12(11)8-18/h11-14,16,18H,2-10H2,1H3,(H,17,19). The molecule has 0 radical (unpaired) electrons. The molecule has 0 aromatic carbocycles. The monoisotopic (exact) mass is 284 g/mol. The van der Waals surface area contributed by atoms with Gasteiger partial charge in [-0.2, -0.15) is 0 Å². The number of amides is 1.